The zero-order chi connectivity index (χ0) is 19.2. The summed E-state index contributed by atoms with van der Waals surface area (Å²) in [7, 11) is -3.65. The van der Waals surface area contributed by atoms with Crippen LogP contribution in [-0.2, 0) is 9.84 Å². The lowest BCUT2D eigenvalue weighted by atomic mass is 10.0. The third kappa shape index (κ3) is 3.04. The van der Waals surface area contributed by atoms with Crippen LogP contribution in [0.4, 0.5) is 8.78 Å². The van der Waals surface area contributed by atoms with Crippen molar-refractivity contribution in [2.45, 2.75) is 30.0 Å². The molecule has 1 aliphatic rings. The van der Waals surface area contributed by atoms with Gasteiger partial charge in [-0.15, -0.1) is 0 Å². The van der Waals surface area contributed by atoms with Crippen LogP contribution in [0.15, 0.2) is 35.2 Å². The lowest BCUT2D eigenvalue weighted by molar-refractivity contribution is 0.0801. The normalized spacial score (nSPS) is 21.9. The Labute approximate surface area is 149 Å². The molecule has 26 heavy (non-hydrogen) atoms. The van der Waals surface area contributed by atoms with E-state index in [1.807, 2.05) is 0 Å². The van der Waals surface area contributed by atoms with E-state index in [2.05, 4.69) is 0 Å². The second-order valence-electron chi connectivity index (χ2n) is 6.23. The topological polar surface area (TPSA) is 87.4 Å². The number of aliphatic hydroxyl groups is 1. The zero-order valence-corrected chi connectivity index (χ0v) is 14.7. The summed E-state index contributed by atoms with van der Waals surface area (Å²) < 4.78 is 57.6. The van der Waals surface area contributed by atoms with E-state index in [0.717, 1.165) is 18.4 Å². The summed E-state index contributed by atoms with van der Waals surface area (Å²) in [5.74, 6) is -1.55. The van der Waals surface area contributed by atoms with Crippen LogP contribution in [0.3, 0.4) is 0 Å². The van der Waals surface area contributed by atoms with Gasteiger partial charge in [-0.2, -0.15) is 5.26 Å². The summed E-state index contributed by atoms with van der Waals surface area (Å²) >= 11 is 0. The van der Waals surface area contributed by atoms with Crippen LogP contribution in [-0.4, -0.2) is 26.0 Å². The molecule has 8 heteroatoms. The fourth-order valence-electron chi connectivity index (χ4n) is 3.19. The van der Waals surface area contributed by atoms with Gasteiger partial charge in [0, 0.05) is 23.8 Å². The van der Waals surface area contributed by atoms with Gasteiger partial charge < -0.3 is 9.84 Å². The molecule has 136 valence electrons. The third-order valence-corrected chi connectivity index (χ3v) is 5.52. The number of nitrogens with zero attached hydrogens (tertiary/aromatic N) is 1. The molecule has 0 spiro atoms. The average molecular weight is 379 g/mol. The lowest BCUT2D eigenvalue weighted by Crippen LogP contribution is -2.10. The van der Waals surface area contributed by atoms with E-state index in [1.165, 1.54) is 25.1 Å². The molecular formula is C18H15F2NO4S. The van der Waals surface area contributed by atoms with Crippen molar-refractivity contribution in [3.05, 3.63) is 52.8 Å². The Morgan fingerprint density at radius 1 is 1.23 bits per heavy atom. The molecule has 0 aliphatic heterocycles. The summed E-state index contributed by atoms with van der Waals surface area (Å²) in [4.78, 5) is -0.0801. The highest BCUT2D eigenvalue weighted by atomic mass is 32.2. The molecule has 0 heterocycles. The minimum Gasteiger partial charge on any atom is -0.457 e. The second kappa shape index (κ2) is 6.34. The number of rotatable bonds is 3. The van der Waals surface area contributed by atoms with Crippen LogP contribution < -0.4 is 4.74 Å². The molecule has 1 aliphatic carbocycles. The summed E-state index contributed by atoms with van der Waals surface area (Å²) in [6.45, 7) is 1.48. The predicted molar refractivity (Wildman–Crippen MR) is 89.0 cm³/mol. The minimum atomic E-state index is -3.65. The zero-order valence-electron chi connectivity index (χ0n) is 13.9. The Morgan fingerprint density at radius 2 is 1.92 bits per heavy atom. The highest BCUT2D eigenvalue weighted by Crippen LogP contribution is 2.49. The van der Waals surface area contributed by atoms with Gasteiger partial charge in [-0.3, -0.25) is 0 Å². The van der Waals surface area contributed by atoms with Crippen molar-refractivity contribution < 1.29 is 27.0 Å². The Balaban J connectivity index is 2.17. The number of nitriles is 1. The number of fused-ring (bicyclic) bond motifs is 1. The Kier molecular flexibility index (Phi) is 4.46. The first-order valence-corrected chi connectivity index (χ1v) is 9.60. The molecule has 0 saturated carbocycles. The maximum absolute atomic E-state index is 14.4. The number of benzene rings is 2. The molecule has 0 aromatic heterocycles. The first-order chi connectivity index (χ1) is 12.1. The Morgan fingerprint density at radius 3 is 2.54 bits per heavy atom. The molecule has 1 N–H and O–H groups in total. The van der Waals surface area contributed by atoms with Gasteiger partial charge >= 0.3 is 0 Å². The number of ether oxygens (including phenoxy) is 1. The molecule has 0 saturated heterocycles. The SMILES string of the molecule is C[C@H]1c2c(S(C)(=O)=O)ccc(Oc3cc(F)cc(C#N)c3)c2[C@H](O)[C@H]1F. The molecular weight excluding hydrogens is 364 g/mol. The van der Waals surface area contributed by atoms with E-state index in [0.29, 0.717) is 0 Å². The summed E-state index contributed by atoms with van der Waals surface area (Å²) in [6, 6.07) is 7.71. The van der Waals surface area contributed by atoms with Crippen molar-refractivity contribution >= 4 is 9.84 Å². The van der Waals surface area contributed by atoms with Gasteiger partial charge in [0.15, 0.2) is 9.84 Å². The molecule has 0 fully saturated rings. The monoisotopic (exact) mass is 379 g/mol. The van der Waals surface area contributed by atoms with E-state index in [1.54, 1.807) is 6.07 Å². The summed E-state index contributed by atoms with van der Waals surface area (Å²) in [6.07, 6.45) is -2.27. The lowest BCUT2D eigenvalue weighted by Gasteiger charge is -2.16. The first-order valence-electron chi connectivity index (χ1n) is 7.71. The number of hydrogen-bond donors (Lipinski definition) is 1. The number of hydrogen-bond acceptors (Lipinski definition) is 5. The Bertz CT molecular complexity index is 1030. The molecule has 0 unspecified atom stereocenters. The summed E-state index contributed by atoms with van der Waals surface area (Å²) in [5, 5.41) is 19.2. The fourth-order valence-corrected chi connectivity index (χ4v) is 4.20. The van der Waals surface area contributed by atoms with Gasteiger partial charge in [0.05, 0.1) is 16.5 Å². The van der Waals surface area contributed by atoms with Crippen molar-refractivity contribution in [3.63, 3.8) is 0 Å². The van der Waals surface area contributed by atoms with E-state index >= 15 is 0 Å². The fraction of sp³-hybridized carbons (Fsp3) is 0.278. The van der Waals surface area contributed by atoms with Crippen molar-refractivity contribution in [2.75, 3.05) is 6.26 Å². The molecule has 2 aromatic rings. The van der Waals surface area contributed by atoms with Crippen LogP contribution in [0.5, 0.6) is 11.5 Å². The van der Waals surface area contributed by atoms with Gasteiger partial charge in [0.2, 0.25) is 0 Å². The van der Waals surface area contributed by atoms with E-state index in [-0.39, 0.29) is 33.1 Å². The Hall–Kier alpha value is -2.50. The van der Waals surface area contributed by atoms with Crippen LogP contribution in [0.2, 0.25) is 0 Å². The maximum atomic E-state index is 14.4. The van der Waals surface area contributed by atoms with Crippen LogP contribution in [0, 0.1) is 17.1 Å². The number of halogens is 2. The van der Waals surface area contributed by atoms with Gasteiger partial charge in [0.1, 0.15) is 29.6 Å². The number of aliphatic hydroxyl groups excluding tert-OH is 1. The molecule has 2 aromatic carbocycles. The largest absolute Gasteiger partial charge is 0.457 e. The molecule has 3 atom stereocenters. The minimum absolute atomic E-state index is 0.0152. The van der Waals surface area contributed by atoms with Crippen LogP contribution >= 0.6 is 0 Å². The number of alkyl halides is 1. The van der Waals surface area contributed by atoms with E-state index in [9.17, 15) is 22.3 Å². The number of sulfone groups is 1. The molecule has 3 rings (SSSR count). The highest BCUT2D eigenvalue weighted by Gasteiger charge is 2.43. The van der Waals surface area contributed by atoms with Gasteiger partial charge in [-0.1, -0.05) is 6.92 Å². The summed E-state index contributed by atoms with van der Waals surface area (Å²) in [5.41, 5.74) is 0.208. The average Bonchev–Trinajstić information content (AvgIpc) is 2.79. The van der Waals surface area contributed by atoms with Gasteiger partial charge in [0.25, 0.3) is 0 Å². The van der Waals surface area contributed by atoms with E-state index < -0.39 is 33.8 Å². The van der Waals surface area contributed by atoms with Crippen LogP contribution in [0.1, 0.15) is 35.6 Å². The van der Waals surface area contributed by atoms with Crippen molar-refractivity contribution in [3.8, 4) is 17.6 Å². The molecule has 0 radical (unpaired) electrons. The molecule has 0 amide bonds. The maximum Gasteiger partial charge on any atom is 0.175 e. The highest BCUT2D eigenvalue weighted by molar-refractivity contribution is 7.90. The second-order valence-corrected chi connectivity index (χ2v) is 8.21. The van der Waals surface area contributed by atoms with Crippen molar-refractivity contribution in [1.29, 1.82) is 5.26 Å². The third-order valence-electron chi connectivity index (χ3n) is 4.37. The van der Waals surface area contributed by atoms with Gasteiger partial charge in [-0.05, 0) is 29.8 Å². The van der Waals surface area contributed by atoms with Gasteiger partial charge in [-0.25, -0.2) is 17.2 Å². The first kappa shape index (κ1) is 18.3. The smallest absolute Gasteiger partial charge is 0.175 e. The quantitative estimate of drug-likeness (QED) is 0.883. The van der Waals surface area contributed by atoms with Crippen molar-refractivity contribution in [2.24, 2.45) is 0 Å². The van der Waals surface area contributed by atoms with Crippen LogP contribution in [0.25, 0.3) is 0 Å². The van der Waals surface area contributed by atoms with E-state index in [4.69, 9.17) is 10.00 Å². The molecule has 0 bridgehead atoms. The van der Waals surface area contributed by atoms with Crippen molar-refractivity contribution in [1.82, 2.24) is 0 Å². The molecule has 5 nitrogen and oxygen atoms in total. The predicted octanol–water partition coefficient (Wildman–Crippen LogP) is 3.38. The standard InChI is InChI=1S/C18H15F2NO4S/c1-9-15-14(26(2,23)24)4-3-13(16(15)18(22)17(9)20)25-12-6-10(8-21)5-11(19)7-12/h3-7,9,17-18,22H,1-2H3/t9-,17-,18-/m0/s1.